The average Bonchev–Trinajstić information content (AvgIpc) is 2.38. The van der Waals surface area contributed by atoms with Crippen LogP contribution in [0.2, 0.25) is 0 Å². The highest BCUT2D eigenvalue weighted by atomic mass is 32.2. The molecule has 2 nitrogen and oxygen atoms in total. The van der Waals surface area contributed by atoms with Crippen LogP contribution in [-0.4, -0.2) is 9.96 Å². The number of nitriles is 1. The second-order valence-electron chi connectivity index (χ2n) is 1.58. The van der Waals surface area contributed by atoms with E-state index in [2.05, 4.69) is 0 Å². The van der Waals surface area contributed by atoms with Gasteiger partial charge in [0.05, 0.1) is 21.1 Å². The molecule has 0 spiro atoms. The van der Waals surface area contributed by atoms with Crippen LogP contribution in [0.1, 0.15) is 0 Å². The Morgan fingerprint density at radius 1 is 1.80 bits per heavy atom. The van der Waals surface area contributed by atoms with Gasteiger partial charge >= 0.3 is 0 Å². The number of thiophene rings is 1. The zero-order valence-corrected chi connectivity index (χ0v) is 6.74. The fourth-order valence-corrected chi connectivity index (χ4v) is 2.23. The molecule has 0 aliphatic rings. The monoisotopic (exact) mass is 171 g/mol. The molecule has 0 radical (unpaired) electrons. The Kier molecular flexibility index (Phi) is 2.60. The van der Waals surface area contributed by atoms with Crippen LogP contribution in [0.25, 0.3) is 0 Å². The van der Waals surface area contributed by atoms with Crippen LogP contribution in [0, 0.1) is 11.3 Å². The lowest BCUT2D eigenvalue weighted by molar-refractivity contribution is 0.686. The molecule has 1 heterocycles. The van der Waals surface area contributed by atoms with Gasteiger partial charge in [-0.15, -0.1) is 11.3 Å². The number of rotatable bonds is 2. The Labute approximate surface area is 65.6 Å². The zero-order valence-electron chi connectivity index (χ0n) is 5.11. The molecule has 0 saturated carbocycles. The summed E-state index contributed by atoms with van der Waals surface area (Å²) in [6.07, 6.45) is 0. The van der Waals surface area contributed by atoms with Crippen molar-refractivity contribution in [1.82, 2.24) is 0 Å². The third-order valence-corrected chi connectivity index (χ3v) is 3.40. The molecule has 1 rings (SSSR count). The zero-order chi connectivity index (χ0) is 7.40. The third kappa shape index (κ3) is 1.66. The predicted molar refractivity (Wildman–Crippen MR) is 41.2 cm³/mol. The topological polar surface area (TPSA) is 40.9 Å². The summed E-state index contributed by atoms with van der Waals surface area (Å²) < 4.78 is 11.8. The van der Waals surface area contributed by atoms with Crippen molar-refractivity contribution in [2.45, 2.75) is 4.21 Å². The maximum atomic E-state index is 11.0. The maximum Gasteiger partial charge on any atom is 0.116 e. The predicted octanol–water partition coefficient (Wildman–Crippen LogP) is 1.38. The maximum absolute atomic E-state index is 11.0. The van der Waals surface area contributed by atoms with Crippen LogP contribution in [0.4, 0.5) is 0 Å². The molecule has 0 aliphatic heterocycles. The highest BCUT2D eigenvalue weighted by molar-refractivity contribution is 7.87. The van der Waals surface area contributed by atoms with Gasteiger partial charge in [0, 0.05) is 0 Å². The standard InChI is InChI=1S/C6H5NOS2/c7-3-5-10(8)6-2-1-4-9-6/h1-2,4H,5H2. The van der Waals surface area contributed by atoms with Crippen molar-refractivity contribution < 1.29 is 4.21 Å². The second-order valence-corrected chi connectivity index (χ2v) is 4.21. The van der Waals surface area contributed by atoms with E-state index in [1.54, 1.807) is 6.07 Å². The van der Waals surface area contributed by atoms with Gasteiger partial charge in [-0.2, -0.15) is 5.26 Å². The van der Waals surface area contributed by atoms with Crippen molar-refractivity contribution in [1.29, 1.82) is 5.26 Å². The van der Waals surface area contributed by atoms with Crippen molar-refractivity contribution >= 4 is 22.1 Å². The fourth-order valence-electron chi connectivity index (χ4n) is 0.523. The minimum Gasteiger partial charge on any atom is -0.252 e. The molecule has 1 unspecified atom stereocenters. The van der Waals surface area contributed by atoms with E-state index >= 15 is 0 Å². The molecular weight excluding hydrogens is 166 g/mol. The average molecular weight is 171 g/mol. The van der Waals surface area contributed by atoms with Crippen LogP contribution in [0.15, 0.2) is 21.7 Å². The molecule has 4 heteroatoms. The van der Waals surface area contributed by atoms with E-state index < -0.39 is 10.8 Å². The fraction of sp³-hybridized carbons (Fsp3) is 0.167. The van der Waals surface area contributed by atoms with E-state index in [1.807, 2.05) is 17.5 Å². The van der Waals surface area contributed by atoms with Gasteiger partial charge in [0.1, 0.15) is 5.75 Å². The van der Waals surface area contributed by atoms with Crippen LogP contribution in [0.5, 0.6) is 0 Å². The molecular formula is C6H5NOS2. The van der Waals surface area contributed by atoms with Crippen molar-refractivity contribution in [3.63, 3.8) is 0 Å². The quantitative estimate of drug-likeness (QED) is 0.674. The minimum atomic E-state index is -1.09. The van der Waals surface area contributed by atoms with Crippen molar-refractivity contribution in [3.8, 4) is 6.07 Å². The van der Waals surface area contributed by atoms with Crippen LogP contribution < -0.4 is 0 Å². The summed E-state index contributed by atoms with van der Waals surface area (Å²) in [4.78, 5) is 0. The molecule has 1 atom stereocenters. The summed E-state index contributed by atoms with van der Waals surface area (Å²) in [5, 5.41) is 10.0. The normalized spacial score (nSPS) is 12.3. The van der Waals surface area contributed by atoms with Gasteiger partial charge in [-0.1, -0.05) is 6.07 Å². The number of hydrogen-bond donors (Lipinski definition) is 0. The summed E-state index contributed by atoms with van der Waals surface area (Å²) in [6.45, 7) is 0. The second kappa shape index (κ2) is 3.49. The molecule has 0 fully saturated rings. The molecule has 1 aromatic heterocycles. The Bertz CT molecular complexity index is 260. The summed E-state index contributed by atoms with van der Waals surface area (Å²) in [6, 6.07) is 5.47. The number of hydrogen-bond acceptors (Lipinski definition) is 3. The summed E-state index contributed by atoms with van der Waals surface area (Å²) in [7, 11) is -1.09. The first-order valence-electron chi connectivity index (χ1n) is 2.63. The van der Waals surface area contributed by atoms with Gasteiger partial charge in [-0.25, -0.2) is 0 Å². The van der Waals surface area contributed by atoms with Crippen molar-refractivity contribution in [2.24, 2.45) is 0 Å². The molecule has 10 heavy (non-hydrogen) atoms. The third-order valence-electron chi connectivity index (χ3n) is 0.915. The summed E-state index contributed by atoms with van der Waals surface area (Å²) in [5.41, 5.74) is 0. The molecule has 0 saturated heterocycles. The molecule has 0 amide bonds. The first kappa shape index (κ1) is 7.45. The Hall–Kier alpha value is -0.660. The van der Waals surface area contributed by atoms with Gasteiger partial charge in [-0.05, 0) is 11.4 Å². The minimum absolute atomic E-state index is 0.0977. The van der Waals surface area contributed by atoms with Crippen LogP contribution >= 0.6 is 11.3 Å². The molecule has 0 aliphatic carbocycles. The smallest absolute Gasteiger partial charge is 0.116 e. The van der Waals surface area contributed by atoms with Gasteiger partial charge in [-0.3, -0.25) is 4.21 Å². The Morgan fingerprint density at radius 2 is 2.60 bits per heavy atom. The highest BCUT2D eigenvalue weighted by Gasteiger charge is 2.01. The Balaban J connectivity index is 2.71. The van der Waals surface area contributed by atoms with E-state index in [-0.39, 0.29) is 5.75 Å². The first-order chi connectivity index (χ1) is 4.84. The molecule has 0 N–H and O–H groups in total. The molecule has 0 aromatic carbocycles. The van der Waals surface area contributed by atoms with Gasteiger partial charge in [0.2, 0.25) is 0 Å². The molecule has 0 bridgehead atoms. The lowest BCUT2D eigenvalue weighted by Gasteiger charge is -1.86. The lowest BCUT2D eigenvalue weighted by Crippen LogP contribution is -1.90. The largest absolute Gasteiger partial charge is 0.252 e. The summed E-state index contributed by atoms with van der Waals surface area (Å²) in [5.74, 6) is 0.0977. The summed E-state index contributed by atoms with van der Waals surface area (Å²) >= 11 is 1.42. The van der Waals surface area contributed by atoms with Crippen LogP contribution in [-0.2, 0) is 10.8 Å². The Morgan fingerprint density at radius 3 is 3.10 bits per heavy atom. The lowest BCUT2D eigenvalue weighted by atomic mass is 10.7. The van der Waals surface area contributed by atoms with Crippen LogP contribution in [0.3, 0.4) is 0 Å². The van der Waals surface area contributed by atoms with E-state index in [1.165, 1.54) is 11.3 Å². The highest BCUT2D eigenvalue weighted by Crippen LogP contribution is 2.12. The van der Waals surface area contributed by atoms with E-state index in [4.69, 9.17) is 5.26 Å². The first-order valence-corrected chi connectivity index (χ1v) is 4.83. The molecule has 52 valence electrons. The van der Waals surface area contributed by atoms with E-state index in [0.717, 1.165) is 4.21 Å². The van der Waals surface area contributed by atoms with E-state index in [0.29, 0.717) is 0 Å². The molecule has 1 aromatic rings. The van der Waals surface area contributed by atoms with Gasteiger partial charge in [0.15, 0.2) is 0 Å². The van der Waals surface area contributed by atoms with E-state index in [9.17, 15) is 4.21 Å². The SMILES string of the molecule is N#CCS(=O)c1cccs1. The van der Waals surface area contributed by atoms with Gasteiger partial charge < -0.3 is 0 Å². The van der Waals surface area contributed by atoms with Gasteiger partial charge in [0.25, 0.3) is 0 Å². The number of nitrogens with zero attached hydrogens (tertiary/aromatic N) is 1. The van der Waals surface area contributed by atoms with Crippen molar-refractivity contribution in [3.05, 3.63) is 17.5 Å². The van der Waals surface area contributed by atoms with Crippen molar-refractivity contribution in [2.75, 3.05) is 5.75 Å².